The number of likely N-dealkylation sites (N-methyl/N-ethyl adjacent to an activating group) is 1. The molecule has 1 aliphatic heterocycles. The Morgan fingerprint density at radius 1 is 1.55 bits per heavy atom. The Morgan fingerprint density at radius 3 is 2.55 bits per heavy atom. The van der Waals surface area contributed by atoms with E-state index in [2.05, 4.69) is 4.90 Å². The van der Waals surface area contributed by atoms with Gasteiger partial charge in [-0.1, -0.05) is 13.8 Å². The maximum atomic E-state index is 8.66. The van der Waals surface area contributed by atoms with Crippen molar-refractivity contribution in [2.75, 3.05) is 33.4 Å². The van der Waals surface area contributed by atoms with E-state index >= 15 is 0 Å². The molecule has 3 heteroatoms. The molecule has 0 spiro atoms. The van der Waals surface area contributed by atoms with Crippen LogP contribution >= 0.6 is 0 Å². The number of rotatable bonds is 1. The second-order valence-electron chi connectivity index (χ2n) is 2.44. The van der Waals surface area contributed by atoms with Crippen LogP contribution in [0.15, 0.2) is 0 Å². The maximum Gasteiger partial charge on any atom is 0.0932 e. The Labute approximate surface area is 69.0 Å². The summed E-state index contributed by atoms with van der Waals surface area (Å²) in [6.45, 7) is 6.74. The van der Waals surface area contributed by atoms with Crippen molar-refractivity contribution in [1.82, 2.24) is 4.90 Å². The molecular weight excluding hydrogens is 142 g/mol. The number of aliphatic hydroxyl groups is 1. The van der Waals surface area contributed by atoms with Crippen LogP contribution in [0, 0.1) is 0 Å². The molecule has 1 heterocycles. The van der Waals surface area contributed by atoms with Crippen molar-refractivity contribution in [3.63, 3.8) is 0 Å². The number of nitrogens with zero attached hydrogens (tertiary/aromatic N) is 1. The van der Waals surface area contributed by atoms with Crippen LogP contribution in [-0.2, 0) is 4.74 Å². The first-order valence-electron chi connectivity index (χ1n) is 4.24. The van der Waals surface area contributed by atoms with Gasteiger partial charge in [0.05, 0.1) is 19.3 Å². The summed E-state index contributed by atoms with van der Waals surface area (Å²) in [4.78, 5) is 2.16. The average Bonchev–Trinajstić information content (AvgIpc) is 2.08. The highest BCUT2D eigenvalue weighted by molar-refractivity contribution is 4.66. The van der Waals surface area contributed by atoms with Crippen LogP contribution in [0.3, 0.4) is 0 Å². The standard InChI is InChI=1S/C6H13NO2.C2H6/c1-7-2-3-9-6(4-7)5-8;1-2/h6,8H,2-5H2,1H3;1-2H3. The molecule has 0 saturated carbocycles. The van der Waals surface area contributed by atoms with Crippen molar-refractivity contribution in [3.05, 3.63) is 0 Å². The van der Waals surface area contributed by atoms with E-state index in [1.165, 1.54) is 0 Å². The summed E-state index contributed by atoms with van der Waals surface area (Å²) in [5, 5.41) is 8.66. The quantitative estimate of drug-likeness (QED) is 0.602. The summed E-state index contributed by atoms with van der Waals surface area (Å²) in [6, 6.07) is 0. The van der Waals surface area contributed by atoms with Crippen LogP contribution in [0.25, 0.3) is 0 Å². The average molecular weight is 161 g/mol. The van der Waals surface area contributed by atoms with Gasteiger partial charge in [-0.05, 0) is 7.05 Å². The van der Waals surface area contributed by atoms with Crippen molar-refractivity contribution in [1.29, 1.82) is 0 Å². The lowest BCUT2D eigenvalue weighted by molar-refractivity contribution is -0.0453. The van der Waals surface area contributed by atoms with Crippen LogP contribution in [0.5, 0.6) is 0 Å². The summed E-state index contributed by atoms with van der Waals surface area (Å²) in [5.74, 6) is 0. The second-order valence-corrected chi connectivity index (χ2v) is 2.44. The van der Waals surface area contributed by atoms with E-state index < -0.39 is 0 Å². The molecule has 68 valence electrons. The molecule has 1 atom stereocenters. The van der Waals surface area contributed by atoms with Crippen molar-refractivity contribution in [2.24, 2.45) is 0 Å². The number of hydrogen-bond donors (Lipinski definition) is 1. The minimum absolute atomic E-state index is 0.0451. The highest BCUT2D eigenvalue weighted by Gasteiger charge is 2.15. The molecule has 0 radical (unpaired) electrons. The van der Waals surface area contributed by atoms with Crippen LogP contribution < -0.4 is 0 Å². The van der Waals surface area contributed by atoms with Crippen molar-refractivity contribution in [3.8, 4) is 0 Å². The van der Waals surface area contributed by atoms with Gasteiger partial charge in [-0.25, -0.2) is 0 Å². The molecule has 0 aromatic carbocycles. The van der Waals surface area contributed by atoms with Gasteiger partial charge in [-0.15, -0.1) is 0 Å². The molecule has 1 rings (SSSR count). The predicted octanol–water partition coefficient (Wildman–Crippen LogP) is 0.336. The Hall–Kier alpha value is -0.120. The summed E-state index contributed by atoms with van der Waals surface area (Å²) >= 11 is 0. The lowest BCUT2D eigenvalue weighted by Gasteiger charge is -2.28. The molecule has 0 amide bonds. The van der Waals surface area contributed by atoms with E-state index in [1.54, 1.807) is 0 Å². The van der Waals surface area contributed by atoms with Gasteiger partial charge in [0.1, 0.15) is 0 Å². The monoisotopic (exact) mass is 161 g/mol. The van der Waals surface area contributed by atoms with Gasteiger partial charge in [-0.2, -0.15) is 0 Å². The van der Waals surface area contributed by atoms with E-state index in [4.69, 9.17) is 9.84 Å². The molecule has 1 N–H and O–H groups in total. The fraction of sp³-hybridized carbons (Fsp3) is 1.00. The minimum Gasteiger partial charge on any atom is -0.394 e. The van der Waals surface area contributed by atoms with E-state index in [1.807, 2.05) is 20.9 Å². The Morgan fingerprint density at radius 2 is 2.18 bits per heavy atom. The lowest BCUT2D eigenvalue weighted by atomic mass is 10.3. The fourth-order valence-corrected chi connectivity index (χ4v) is 0.977. The minimum atomic E-state index is 0.0451. The fourth-order valence-electron chi connectivity index (χ4n) is 0.977. The van der Waals surface area contributed by atoms with Crippen LogP contribution in [0.1, 0.15) is 13.8 Å². The van der Waals surface area contributed by atoms with Crippen LogP contribution in [0.2, 0.25) is 0 Å². The van der Waals surface area contributed by atoms with E-state index in [0.717, 1.165) is 19.7 Å². The van der Waals surface area contributed by atoms with Gasteiger partial charge in [0.2, 0.25) is 0 Å². The summed E-state index contributed by atoms with van der Waals surface area (Å²) in [5.41, 5.74) is 0. The highest BCUT2D eigenvalue weighted by atomic mass is 16.5. The molecule has 3 nitrogen and oxygen atoms in total. The molecule has 11 heavy (non-hydrogen) atoms. The smallest absolute Gasteiger partial charge is 0.0932 e. The van der Waals surface area contributed by atoms with Gasteiger partial charge < -0.3 is 14.7 Å². The number of ether oxygens (including phenoxy) is 1. The number of hydrogen-bond acceptors (Lipinski definition) is 3. The van der Waals surface area contributed by atoms with Gasteiger partial charge in [0, 0.05) is 13.1 Å². The SMILES string of the molecule is CC.CN1CCOC(CO)C1. The summed E-state index contributed by atoms with van der Waals surface area (Å²) in [6.07, 6.45) is 0.0451. The zero-order valence-corrected chi connectivity index (χ0v) is 7.71. The third-order valence-electron chi connectivity index (χ3n) is 1.55. The molecule has 0 aromatic heterocycles. The third kappa shape index (κ3) is 4.35. The molecular formula is C8H19NO2. The first kappa shape index (κ1) is 10.9. The van der Waals surface area contributed by atoms with Crippen molar-refractivity contribution >= 4 is 0 Å². The second kappa shape index (κ2) is 6.58. The molecule has 1 unspecified atom stereocenters. The van der Waals surface area contributed by atoms with Crippen molar-refractivity contribution in [2.45, 2.75) is 20.0 Å². The molecule has 0 bridgehead atoms. The summed E-state index contributed by atoms with van der Waals surface area (Å²) < 4.78 is 5.21. The number of morpholine rings is 1. The molecule has 0 aliphatic carbocycles. The zero-order valence-electron chi connectivity index (χ0n) is 7.71. The highest BCUT2D eigenvalue weighted by Crippen LogP contribution is 2.00. The Kier molecular flexibility index (Phi) is 6.51. The molecule has 1 saturated heterocycles. The van der Waals surface area contributed by atoms with Crippen molar-refractivity contribution < 1.29 is 9.84 Å². The van der Waals surface area contributed by atoms with Crippen LogP contribution in [-0.4, -0.2) is 49.5 Å². The lowest BCUT2D eigenvalue weighted by Crippen LogP contribution is -2.41. The van der Waals surface area contributed by atoms with Gasteiger partial charge in [-0.3, -0.25) is 0 Å². The Bertz CT molecular complexity index is 88.2. The number of aliphatic hydroxyl groups excluding tert-OH is 1. The van der Waals surface area contributed by atoms with Gasteiger partial charge in [0.25, 0.3) is 0 Å². The zero-order chi connectivity index (χ0) is 8.69. The van der Waals surface area contributed by atoms with E-state index in [0.29, 0.717) is 0 Å². The predicted molar refractivity (Wildman–Crippen MR) is 45.7 cm³/mol. The Balaban J connectivity index is 0.000000461. The van der Waals surface area contributed by atoms with Gasteiger partial charge in [0.15, 0.2) is 0 Å². The maximum absolute atomic E-state index is 8.66. The first-order valence-corrected chi connectivity index (χ1v) is 4.24. The van der Waals surface area contributed by atoms with Crippen LogP contribution in [0.4, 0.5) is 0 Å². The first-order chi connectivity index (χ1) is 5.33. The van der Waals surface area contributed by atoms with E-state index in [-0.39, 0.29) is 12.7 Å². The largest absolute Gasteiger partial charge is 0.394 e. The topological polar surface area (TPSA) is 32.7 Å². The van der Waals surface area contributed by atoms with Gasteiger partial charge >= 0.3 is 0 Å². The van der Waals surface area contributed by atoms with E-state index in [9.17, 15) is 0 Å². The molecule has 0 aromatic rings. The third-order valence-corrected chi connectivity index (χ3v) is 1.55. The molecule has 1 fully saturated rings. The normalized spacial score (nSPS) is 25.6. The summed E-state index contributed by atoms with van der Waals surface area (Å²) in [7, 11) is 2.03. The molecule has 1 aliphatic rings.